The van der Waals surface area contributed by atoms with Crippen molar-refractivity contribution in [1.29, 1.82) is 0 Å². The molecule has 0 aromatic carbocycles. The van der Waals surface area contributed by atoms with E-state index in [1.54, 1.807) is 30.9 Å². The van der Waals surface area contributed by atoms with Gasteiger partial charge in [-0.1, -0.05) is 5.21 Å². The number of H-pyrrole nitrogens is 1. The highest BCUT2D eigenvalue weighted by Crippen LogP contribution is 1.66. The van der Waals surface area contributed by atoms with Gasteiger partial charge in [0.15, 0.2) is 0 Å². The van der Waals surface area contributed by atoms with Crippen molar-refractivity contribution in [3.63, 3.8) is 0 Å². The maximum atomic E-state index is 3.67. The minimum atomic E-state index is 1.50. The van der Waals surface area contributed by atoms with Gasteiger partial charge < -0.3 is 0 Å². The number of hydrogen-bond acceptors (Lipinski definition) is 4. The van der Waals surface area contributed by atoms with Crippen LogP contribution in [0.3, 0.4) is 0 Å². The average molecular weight is 149 g/mol. The van der Waals surface area contributed by atoms with Crippen LogP contribution >= 0.6 is 0 Å². The summed E-state index contributed by atoms with van der Waals surface area (Å²) in [5, 5.41) is 9.26. The molecule has 0 saturated heterocycles. The smallest absolute Gasteiger partial charge is 0.115 e. The van der Waals surface area contributed by atoms with Crippen LogP contribution in [0.15, 0.2) is 37.2 Å². The van der Waals surface area contributed by atoms with E-state index in [1.807, 2.05) is 0 Å². The molecule has 5 nitrogen and oxygen atoms in total. The molecule has 2 aromatic rings. The zero-order valence-electron chi connectivity index (χ0n) is 5.75. The van der Waals surface area contributed by atoms with Crippen molar-refractivity contribution in [2.75, 3.05) is 0 Å². The Morgan fingerprint density at radius 2 is 1.82 bits per heavy atom. The van der Waals surface area contributed by atoms with Gasteiger partial charge in [0.25, 0.3) is 0 Å². The molecule has 0 aliphatic rings. The molecule has 0 fully saturated rings. The number of rotatable bonds is 0. The van der Waals surface area contributed by atoms with Crippen molar-refractivity contribution in [2.45, 2.75) is 0 Å². The second kappa shape index (κ2) is 5.04. The number of aromatic nitrogens is 5. The second-order valence-corrected chi connectivity index (χ2v) is 1.56. The molecule has 56 valence electrons. The normalized spacial score (nSPS) is 8.00. The van der Waals surface area contributed by atoms with E-state index >= 15 is 0 Å². The molecular formula is C6H7N5. The van der Waals surface area contributed by atoms with Gasteiger partial charge in [0.1, 0.15) is 6.33 Å². The van der Waals surface area contributed by atoms with E-state index in [0.717, 1.165) is 0 Å². The lowest BCUT2D eigenvalue weighted by Gasteiger charge is -1.70. The molecule has 0 aliphatic carbocycles. The monoisotopic (exact) mass is 149 g/mol. The predicted octanol–water partition coefficient (Wildman–Crippen LogP) is 0.281. The first-order valence-electron chi connectivity index (χ1n) is 3.00. The summed E-state index contributed by atoms with van der Waals surface area (Å²) in [6.07, 6.45) is 8.11. The Hall–Kier alpha value is -1.78. The zero-order chi connectivity index (χ0) is 7.78. The topological polar surface area (TPSA) is 67.3 Å². The Labute approximate surface area is 63.5 Å². The number of nitrogens with zero attached hydrogens (tertiary/aromatic N) is 4. The number of hydrogen-bond donors (Lipinski definition) is 1. The molecule has 0 aliphatic heterocycles. The Kier molecular flexibility index (Phi) is 3.36. The van der Waals surface area contributed by atoms with Crippen molar-refractivity contribution in [3.05, 3.63) is 37.2 Å². The molecule has 2 rings (SSSR count). The Bertz CT molecular complexity index is 197. The summed E-state index contributed by atoms with van der Waals surface area (Å²) in [5.74, 6) is 0. The number of nitrogens with one attached hydrogen (secondary N) is 1. The highest BCUT2D eigenvalue weighted by molar-refractivity contribution is 4.74. The molecule has 2 aromatic heterocycles. The van der Waals surface area contributed by atoms with Crippen LogP contribution in [0.2, 0.25) is 0 Å². The molecular weight excluding hydrogens is 142 g/mol. The third kappa shape index (κ3) is 3.74. The summed E-state index contributed by atoms with van der Waals surface area (Å²) in [6.45, 7) is 0. The van der Waals surface area contributed by atoms with Gasteiger partial charge in [-0.05, 0) is 6.07 Å². The fourth-order valence-corrected chi connectivity index (χ4v) is 0.420. The zero-order valence-corrected chi connectivity index (χ0v) is 5.75. The van der Waals surface area contributed by atoms with Crippen LogP contribution in [0.4, 0.5) is 0 Å². The average Bonchev–Trinajstić information content (AvgIpc) is 2.64. The minimum Gasteiger partial charge on any atom is -0.266 e. The quantitative estimate of drug-likeness (QED) is 0.584. The van der Waals surface area contributed by atoms with Crippen LogP contribution in [-0.2, 0) is 0 Å². The van der Waals surface area contributed by atoms with Crippen molar-refractivity contribution < 1.29 is 0 Å². The van der Waals surface area contributed by atoms with Crippen molar-refractivity contribution in [2.24, 2.45) is 0 Å². The first-order chi connectivity index (χ1) is 5.50. The van der Waals surface area contributed by atoms with E-state index in [4.69, 9.17) is 0 Å². The van der Waals surface area contributed by atoms with Gasteiger partial charge >= 0.3 is 0 Å². The van der Waals surface area contributed by atoms with Gasteiger partial charge in [0.05, 0.1) is 6.20 Å². The van der Waals surface area contributed by atoms with Crippen LogP contribution in [0.1, 0.15) is 0 Å². The first-order valence-corrected chi connectivity index (χ1v) is 3.00. The molecule has 2 heterocycles. The summed E-state index contributed by atoms with van der Waals surface area (Å²) in [5.41, 5.74) is 0. The second-order valence-electron chi connectivity index (χ2n) is 1.56. The summed E-state index contributed by atoms with van der Waals surface area (Å²) in [6, 6.07) is 1.78. The van der Waals surface area contributed by atoms with Gasteiger partial charge in [-0.25, -0.2) is 9.97 Å². The standard InChI is InChI=1S/C4H4N2.C2H3N3/c1-2-5-4-6-3-1;1-2-4-5-3-1/h1-4H;1-2H,(H,3,4,5). The van der Waals surface area contributed by atoms with E-state index in [1.165, 1.54) is 6.33 Å². The molecule has 0 saturated carbocycles. The molecule has 5 heteroatoms. The largest absolute Gasteiger partial charge is 0.266 e. The summed E-state index contributed by atoms with van der Waals surface area (Å²) >= 11 is 0. The van der Waals surface area contributed by atoms with E-state index in [0.29, 0.717) is 0 Å². The SMILES string of the molecule is c1c[nH]nn1.c1cncnc1. The maximum Gasteiger partial charge on any atom is 0.115 e. The molecule has 0 spiro atoms. The molecule has 0 unspecified atom stereocenters. The van der Waals surface area contributed by atoms with Gasteiger partial charge in [-0.2, -0.15) is 0 Å². The van der Waals surface area contributed by atoms with E-state index in [2.05, 4.69) is 25.4 Å². The van der Waals surface area contributed by atoms with Crippen molar-refractivity contribution >= 4 is 0 Å². The van der Waals surface area contributed by atoms with Crippen LogP contribution in [-0.4, -0.2) is 25.4 Å². The van der Waals surface area contributed by atoms with Crippen LogP contribution in [0.5, 0.6) is 0 Å². The lowest BCUT2D eigenvalue weighted by molar-refractivity contribution is 0.940. The lowest BCUT2D eigenvalue weighted by atomic mass is 10.7. The molecule has 0 amide bonds. The number of aromatic amines is 1. The molecule has 0 radical (unpaired) electrons. The first kappa shape index (κ1) is 7.33. The van der Waals surface area contributed by atoms with Gasteiger partial charge in [0.2, 0.25) is 0 Å². The van der Waals surface area contributed by atoms with E-state index < -0.39 is 0 Å². The van der Waals surface area contributed by atoms with Crippen LogP contribution in [0.25, 0.3) is 0 Å². The van der Waals surface area contributed by atoms with Gasteiger partial charge in [0, 0.05) is 18.6 Å². The molecule has 0 atom stereocenters. The minimum absolute atomic E-state index is 1.50. The Morgan fingerprint density at radius 3 is 2.00 bits per heavy atom. The summed E-state index contributed by atoms with van der Waals surface area (Å²) < 4.78 is 0. The lowest BCUT2D eigenvalue weighted by Crippen LogP contribution is -1.66. The van der Waals surface area contributed by atoms with E-state index in [-0.39, 0.29) is 0 Å². The molecule has 1 N–H and O–H groups in total. The highest BCUT2D eigenvalue weighted by Gasteiger charge is 1.59. The fraction of sp³-hybridized carbons (Fsp3) is 0. The summed E-state index contributed by atoms with van der Waals surface area (Å²) in [4.78, 5) is 7.35. The van der Waals surface area contributed by atoms with Crippen molar-refractivity contribution in [3.8, 4) is 0 Å². The van der Waals surface area contributed by atoms with E-state index in [9.17, 15) is 0 Å². The molecule has 0 bridgehead atoms. The molecule has 11 heavy (non-hydrogen) atoms. The Morgan fingerprint density at radius 1 is 1.00 bits per heavy atom. The fourth-order valence-electron chi connectivity index (χ4n) is 0.420. The third-order valence-corrected chi connectivity index (χ3v) is 0.809. The summed E-state index contributed by atoms with van der Waals surface area (Å²) in [7, 11) is 0. The van der Waals surface area contributed by atoms with Crippen LogP contribution < -0.4 is 0 Å². The maximum absolute atomic E-state index is 3.67. The van der Waals surface area contributed by atoms with Gasteiger partial charge in [-0.15, -0.1) is 5.10 Å². The third-order valence-electron chi connectivity index (χ3n) is 0.809. The van der Waals surface area contributed by atoms with Crippen LogP contribution in [0, 0.1) is 0 Å². The Balaban J connectivity index is 0.000000112. The van der Waals surface area contributed by atoms with Crippen molar-refractivity contribution in [1.82, 2.24) is 25.4 Å². The van der Waals surface area contributed by atoms with Gasteiger partial charge in [-0.3, -0.25) is 5.10 Å². The predicted molar refractivity (Wildman–Crippen MR) is 38.4 cm³/mol. The highest BCUT2D eigenvalue weighted by atomic mass is 15.3.